The minimum absolute atomic E-state index is 0.0557. The van der Waals surface area contributed by atoms with E-state index in [-0.39, 0.29) is 33.6 Å². The van der Waals surface area contributed by atoms with E-state index in [1.54, 1.807) is 6.20 Å². The number of aliphatic hydroxyl groups is 2. The third kappa shape index (κ3) is 5.83. The third-order valence-electron chi connectivity index (χ3n) is 6.04. The molecule has 0 aliphatic heterocycles. The van der Waals surface area contributed by atoms with Crippen molar-refractivity contribution in [2.24, 2.45) is 0 Å². The van der Waals surface area contributed by atoms with Crippen molar-refractivity contribution < 1.29 is 26.5 Å². The van der Waals surface area contributed by atoms with Crippen LogP contribution in [0.4, 0.5) is 14.6 Å². The molecular formula is C25H25BrF2N4O3. The lowest BCUT2D eigenvalue weighted by Crippen LogP contribution is -2.31. The highest BCUT2D eigenvalue weighted by Gasteiger charge is 2.24. The van der Waals surface area contributed by atoms with Crippen molar-refractivity contribution in [3.63, 3.8) is 0 Å². The first-order valence-electron chi connectivity index (χ1n) is 12.0. The number of rotatable bonds is 6. The summed E-state index contributed by atoms with van der Waals surface area (Å²) in [6.45, 7) is -2.97. The maximum atomic E-state index is 15.1. The highest BCUT2D eigenvalue weighted by atomic mass is 79.9. The fourth-order valence-electron chi connectivity index (χ4n) is 4.18. The number of aliphatic hydroxyl groups excluding tert-OH is 1. The van der Waals surface area contributed by atoms with Gasteiger partial charge >= 0.3 is 0 Å². The smallest absolute Gasteiger partial charge is 0.254 e. The Labute approximate surface area is 212 Å². The maximum absolute atomic E-state index is 15.1. The average Bonchev–Trinajstić information content (AvgIpc) is 2.82. The molecule has 0 radical (unpaired) electrons. The lowest BCUT2D eigenvalue weighted by molar-refractivity contribution is 0.0912. The number of amides is 1. The Morgan fingerprint density at radius 2 is 1.97 bits per heavy atom. The van der Waals surface area contributed by atoms with Gasteiger partial charge in [-0.25, -0.2) is 18.7 Å². The first-order valence-corrected chi connectivity index (χ1v) is 11.8. The number of carbonyl (C=O) groups is 1. The van der Waals surface area contributed by atoms with Crippen LogP contribution in [0.2, 0.25) is 0 Å². The van der Waals surface area contributed by atoms with Crippen molar-refractivity contribution in [3.05, 3.63) is 75.5 Å². The molecule has 1 aromatic heterocycles. The van der Waals surface area contributed by atoms with E-state index in [0.717, 1.165) is 31.0 Å². The maximum Gasteiger partial charge on any atom is 0.254 e. The molecule has 184 valence electrons. The van der Waals surface area contributed by atoms with E-state index < -0.39 is 35.7 Å². The molecule has 4 rings (SSSR count). The lowest BCUT2D eigenvalue weighted by atomic mass is 9.85. The molecule has 0 unspecified atom stereocenters. The topological polar surface area (TPSA) is 121 Å². The molecule has 2 aromatic carbocycles. The quantitative estimate of drug-likeness (QED) is 0.365. The van der Waals surface area contributed by atoms with E-state index in [0.29, 0.717) is 24.1 Å². The van der Waals surface area contributed by atoms with Crippen molar-refractivity contribution >= 4 is 27.7 Å². The first-order chi connectivity index (χ1) is 17.4. The van der Waals surface area contributed by atoms with Crippen LogP contribution < -0.4 is 11.1 Å². The molecule has 1 fully saturated rings. The Bertz CT molecular complexity index is 1300. The Morgan fingerprint density at radius 3 is 2.63 bits per heavy atom. The van der Waals surface area contributed by atoms with Crippen LogP contribution in [0, 0.1) is 11.6 Å². The predicted molar refractivity (Wildman–Crippen MR) is 130 cm³/mol. The molecule has 10 heteroatoms. The molecule has 0 saturated heterocycles. The summed E-state index contributed by atoms with van der Waals surface area (Å²) >= 11 is 3.09. The number of hydrogen-bond acceptors (Lipinski definition) is 6. The highest BCUT2D eigenvalue weighted by molar-refractivity contribution is 9.10. The zero-order valence-corrected chi connectivity index (χ0v) is 20.1. The summed E-state index contributed by atoms with van der Waals surface area (Å²) in [6.07, 6.45) is 4.05. The second kappa shape index (κ2) is 10.8. The minimum atomic E-state index is -2.97. The molecule has 1 amide bonds. The monoisotopic (exact) mass is 548 g/mol. The normalized spacial score (nSPS) is 20.0. The number of hydrogen-bond donors (Lipinski definition) is 4. The number of anilines is 1. The fourth-order valence-corrected chi connectivity index (χ4v) is 4.66. The Balaban J connectivity index is 1.59. The van der Waals surface area contributed by atoms with Gasteiger partial charge < -0.3 is 21.3 Å². The number of halogens is 3. The van der Waals surface area contributed by atoms with Crippen LogP contribution in [0.1, 0.15) is 62.0 Å². The number of benzene rings is 2. The number of nitrogens with two attached hydrogens (primary N) is 1. The summed E-state index contributed by atoms with van der Waals surface area (Å²) < 4.78 is 44.6. The van der Waals surface area contributed by atoms with Crippen molar-refractivity contribution in [2.45, 2.75) is 43.7 Å². The molecule has 35 heavy (non-hydrogen) atoms. The van der Waals surface area contributed by atoms with Gasteiger partial charge in [-0.05, 0) is 61.6 Å². The van der Waals surface area contributed by atoms with Crippen molar-refractivity contribution in [2.75, 3.05) is 12.3 Å². The van der Waals surface area contributed by atoms with E-state index in [4.69, 9.17) is 8.48 Å². The van der Waals surface area contributed by atoms with Gasteiger partial charge in [-0.1, -0.05) is 22.0 Å². The molecule has 1 aliphatic rings. The van der Waals surface area contributed by atoms with E-state index in [9.17, 15) is 19.4 Å². The summed E-state index contributed by atoms with van der Waals surface area (Å²) in [6, 6.07) is 5.45. The van der Waals surface area contributed by atoms with E-state index in [2.05, 4.69) is 31.2 Å². The van der Waals surface area contributed by atoms with E-state index in [1.807, 2.05) is 0 Å². The van der Waals surface area contributed by atoms with Gasteiger partial charge in [-0.3, -0.25) is 4.79 Å². The zero-order chi connectivity index (χ0) is 26.9. The van der Waals surface area contributed by atoms with E-state index >= 15 is 4.39 Å². The van der Waals surface area contributed by atoms with E-state index in [1.165, 1.54) is 18.2 Å². The number of nitrogens with zero attached hydrogens (tertiary/aromatic N) is 2. The Morgan fingerprint density at radius 1 is 1.23 bits per heavy atom. The molecule has 1 heterocycles. The zero-order valence-electron chi connectivity index (χ0n) is 20.5. The van der Waals surface area contributed by atoms with Gasteiger partial charge in [0.25, 0.3) is 5.91 Å². The number of nitrogens with one attached hydrogen (secondary N) is 1. The van der Waals surface area contributed by atoms with Crippen LogP contribution in [0.3, 0.4) is 0 Å². The van der Waals surface area contributed by atoms with Crippen molar-refractivity contribution in [3.8, 4) is 11.3 Å². The summed E-state index contributed by atoms with van der Waals surface area (Å²) in [5, 5.41) is 22.0. The minimum Gasteiger partial charge on any atom is -0.394 e. The predicted octanol–water partition coefficient (Wildman–Crippen LogP) is 4.25. The van der Waals surface area contributed by atoms with Gasteiger partial charge in [0.15, 0.2) is 0 Å². The van der Waals surface area contributed by atoms with Gasteiger partial charge in [0.1, 0.15) is 23.1 Å². The largest absolute Gasteiger partial charge is 0.394 e. The Hall–Kier alpha value is -2.95. The summed E-state index contributed by atoms with van der Waals surface area (Å²) in [5.41, 5.74) is 6.76. The molecule has 1 atom stereocenters. The molecule has 1 saturated carbocycles. The van der Waals surface area contributed by atoms with Crippen molar-refractivity contribution in [1.82, 2.24) is 15.3 Å². The van der Waals surface area contributed by atoms with Crippen LogP contribution in [0.25, 0.3) is 11.3 Å². The van der Waals surface area contributed by atoms with Crippen LogP contribution >= 0.6 is 15.9 Å². The van der Waals surface area contributed by atoms with Gasteiger partial charge in [0, 0.05) is 16.0 Å². The molecule has 5 N–H and O–H groups in total. The van der Waals surface area contributed by atoms with Crippen LogP contribution in [0.15, 0.2) is 47.1 Å². The highest BCUT2D eigenvalue weighted by Crippen LogP contribution is 2.34. The standard InChI is InChI=1S/C25H25BrF2N4O3/c26-16-7-15(8-17(27)10-16)22(12-33)32-25(35)19-6-3-14(9-20(19)28)23-24(29)30-11-21(31-23)13-1-4-18(34)5-2-13/h3,6-11,13,18,22,33-34H,1-2,4-5,12H2,(H2,29,30)(H,32,35)/t13-,18-,22-/m1/s1/i12D2. The van der Waals surface area contributed by atoms with Crippen molar-refractivity contribution in [1.29, 1.82) is 0 Å². The summed E-state index contributed by atoms with van der Waals surface area (Å²) in [7, 11) is 0. The van der Waals surface area contributed by atoms with Gasteiger partial charge in [-0.15, -0.1) is 0 Å². The van der Waals surface area contributed by atoms with Gasteiger partial charge in [0.05, 0.1) is 38.9 Å². The molecule has 3 aromatic rings. The summed E-state index contributed by atoms with van der Waals surface area (Å²) in [4.78, 5) is 21.6. The summed E-state index contributed by atoms with van der Waals surface area (Å²) in [5.74, 6) is -2.48. The molecule has 0 bridgehead atoms. The molecule has 1 aliphatic carbocycles. The average molecular weight is 549 g/mol. The number of nitrogen functional groups attached to an aromatic ring is 1. The number of aromatic nitrogens is 2. The van der Waals surface area contributed by atoms with Crippen LogP contribution in [-0.4, -0.2) is 38.8 Å². The Kier molecular flexibility index (Phi) is 6.92. The molecular weight excluding hydrogens is 522 g/mol. The molecule has 7 nitrogen and oxygen atoms in total. The van der Waals surface area contributed by atoms with Gasteiger partial charge in [0.2, 0.25) is 0 Å². The lowest BCUT2D eigenvalue weighted by Gasteiger charge is -2.25. The SMILES string of the molecule is [2H]C([2H])(O)[C@@H](NC(=O)c1ccc(-c2nc([C@H]3CC[C@H](O)CC3)cnc2N)cc1F)c1cc(F)cc(Br)c1. The third-order valence-corrected chi connectivity index (χ3v) is 6.50. The molecule has 0 spiro atoms. The van der Waals surface area contributed by atoms with Gasteiger partial charge in [-0.2, -0.15) is 0 Å². The first kappa shape index (κ1) is 22.5. The fraction of sp³-hybridized carbons (Fsp3) is 0.320. The number of carbonyl (C=O) groups excluding carboxylic acids is 1. The second-order valence-electron chi connectivity index (χ2n) is 8.47. The van der Waals surface area contributed by atoms with Crippen LogP contribution in [0.5, 0.6) is 0 Å². The van der Waals surface area contributed by atoms with Crippen LogP contribution in [-0.2, 0) is 0 Å². The second-order valence-corrected chi connectivity index (χ2v) is 9.38.